The van der Waals surface area contributed by atoms with Crippen molar-refractivity contribution in [2.75, 3.05) is 10.6 Å². The summed E-state index contributed by atoms with van der Waals surface area (Å²) in [4.78, 5) is 15.6. The van der Waals surface area contributed by atoms with Crippen LogP contribution in [0.5, 0.6) is 0 Å². The second-order valence-electron chi connectivity index (χ2n) is 4.42. The normalized spacial score (nSPS) is 12.1. The number of carbonyl (C=O) groups excluding carboxylic acids is 1. The molecular formula is C14H10BrClF3N3O. The van der Waals surface area contributed by atoms with Gasteiger partial charge >= 0.3 is 6.03 Å². The highest BCUT2D eigenvalue weighted by atomic mass is 79.9. The minimum Gasteiger partial charge on any atom is -0.308 e. The summed E-state index contributed by atoms with van der Waals surface area (Å²) in [6, 6.07) is 6.29. The molecule has 2 N–H and O–H groups in total. The number of nitrogens with one attached hydrogen (secondary N) is 2. The van der Waals surface area contributed by atoms with Crippen LogP contribution in [0.4, 0.5) is 29.3 Å². The van der Waals surface area contributed by atoms with E-state index >= 15 is 0 Å². The van der Waals surface area contributed by atoms with Gasteiger partial charge in [0.05, 0.1) is 0 Å². The molecule has 0 radical (unpaired) electrons. The van der Waals surface area contributed by atoms with Crippen molar-refractivity contribution in [3.8, 4) is 0 Å². The number of halogens is 5. The van der Waals surface area contributed by atoms with Crippen LogP contribution in [0, 0.1) is 0 Å². The molecule has 9 heteroatoms. The first kappa shape index (κ1) is 17.6. The molecule has 0 saturated carbocycles. The molecule has 0 aliphatic carbocycles. The third-order valence-corrected chi connectivity index (χ3v) is 3.69. The molecule has 1 aromatic carbocycles. The molecule has 0 aliphatic heterocycles. The number of rotatable bonds is 4. The third kappa shape index (κ3) is 4.84. The maximum absolute atomic E-state index is 13.5. The molecule has 4 nitrogen and oxygen atoms in total. The number of alkyl halides is 3. The Morgan fingerprint density at radius 1 is 1.13 bits per heavy atom. The Labute approximate surface area is 143 Å². The van der Waals surface area contributed by atoms with Crippen molar-refractivity contribution >= 4 is 44.9 Å². The highest BCUT2D eigenvalue weighted by Gasteiger charge is 2.24. The van der Waals surface area contributed by atoms with Crippen LogP contribution in [-0.2, 0) is 0 Å². The average molecular weight is 409 g/mol. The number of urea groups is 1. The van der Waals surface area contributed by atoms with Crippen LogP contribution in [0.1, 0.15) is 11.7 Å². The van der Waals surface area contributed by atoms with Gasteiger partial charge in [0.15, 0.2) is 6.17 Å². The van der Waals surface area contributed by atoms with Crippen LogP contribution in [0.2, 0.25) is 5.15 Å². The predicted octanol–water partition coefficient (Wildman–Crippen LogP) is 5.42. The van der Waals surface area contributed by atoms with Crippen molar-refractivity contribution in [2.24, 2.45) is 0 Å². The van der Waals surface area contributed by atoms with Crippen molar-refractivity contribution in [1.29, 1.82) is 0 Å². The Balaban J connectivity index is 2.10. The van der Waals surface area contributed by atoms with E-state index in [2.05, 4.69) is 31.5 Å². The number of anilines is 2. The van der Waals surface area contributed by atoms with Crippen molar-refractivity contribution < 1.29 is 18.0 Å². The van der Waals surface area contributed by atoms with Gasteiger partial charge in [0.2, 0.25) is 0 Å². The lowest BCUT2D eigenvalue weighted by Crippen LogP contribution is -2.19. The molecule has 0 saturated heterocycles. The molecule has 23 heavy (non-hydrogen) atoms. The lowest BCUT2D eigenvalue weighted by molar-refractivity contribution is 0.0492. The summed E-state index contributed by atoms with van der Waals surface area (Å²) in [6.45, 7) is 0. The Morgan fingerprint density at radius 3 is 2.39 bits per heavy atom. The van der Waals surface area contributed by atoms with Gasteiger partial charge in [0, 0.05) is 27.6 Å². The van der Waals surface area contributed by atoms with Crippen LogP contribution >= 0.6 is 27.5 Å². The zero-order chi connectivity index (χ0) is 17.0. The molecule has 0 aliphatic rings. The standard InChI is InChI=1S/C14H10BrClF3N3O/c15-10-2-1-7(5-9(10)12(17)13(18)19)21-14(23)22-8-3-4-20-11(16)6-8/h1-6,12-13H,(H2,20,21,22,23). The molecule has 1 heterocycles. The molecule has 1 aromatic heterocycles. The number of hydrogen-bond acceptors (Lipinski definition) is 2. The highest BCUT2D eigenvalue weighted by molar-refractivity contribution is 9.10. The topological polar surface area (TPSA) is 54.0 Å². The molecule has 0 fully saturated rings. The van der Waals surface area contributed by atoms with Gasteiger partial charge in [-0.2, -0.15) is 0 Å². The summed E-state index contributed by atoms with van der Waals surface area (Å²) in [6.07, 6.45) is -4.20. The molecule has 2 aromatic rings. The fourth-order valence-electron chi connectivity index (χ4n) is 1.74. The molecule has 1 atom stereocenters. The zero-order valence-corrected chi connectivity index (χ0v) is 13.7. The largest absolute Gasteiger partial charge is 0.323 e. The molecular weight excluding hydrogens is 399 g/mol. The van der Waals surface area contributed by atoms with Gasteiger partial charge in [-0.3, -0.25) is 0 Å². The van der Waals surface area contributed by atoms with E-state index in [0.717, 1.165) is 6.07 Å². The van der Waals surface area contributed by atoms with Crippen molar-refractivity contribution in [3.05, 3.63) is 51.7 Å². The number of hydrogen-bond donors (Lipinski definition) is 2. The van der Waals surface area contributed by atoms with Gasteiger partial charge < -0.3 is 10.6 Å². The molecule has 2 amide bonds. The van der Waals surface area contributed by atoms with Crippen LogP contribution in [0.3, 0.4) is 0 Å². The zero-order valence-electron chi connectivity index (χ0n) is 11.4. The minimum atomic E-state index is -3.16. The number of nitrogens with zero attached hydrogens (tertiary/aromatic N) is 1. The average Bonchev–Trinajstić information content (AvgIpc) is 2.48. The van der Waals surface area contributed by atoms with E-state index in [-0.39, 0.29) is 20.9 Å². The van der Waals surface area contributed by atoms with Gasteiger partial charge in [0.25, 0.3) is 6.43 Å². The SMILES string of the molecule is O=C(Nc1ccnc(Cl)c1)Nc1ccc(Br)c(C(F)C(F)F)c1. The van der Waals surface area contributed by atoms with Crippen LogP contribution < -0.4 is 10.6 Å². The Kier molecular flexibility index (Phi) is 5.84. The van der Waals surface area contributed by atoms with Crippen LogP contribution in [-0.4, -0.2) is 17.4 Å². The summed E-state index contributed by atoms with van der Waals surface area (Å²) in [5.41, 5.74) is 0.324. The first-order valence-corrected chi connectivity index (χ1v) is 7.45. The van der Waals surface area contributed by atoms with Gasteiger partial charge in [-0.25, -0.2) is 22.9 Å². The third-order valence-electron chi connectivity index (χ3n) is 2.76. The summed E-state index contributed by atoms with van der Waals surface area (Å²) in [5, 5.41) is 5.11. The number of pyridine rings is 1. The fraction of sp³-hybridized carbons (Fsp3) is 0.143. The molecule has 2 rings (SSSR count). The molecule has 122 valence electrons. The van der Waals surface area contributed by atoms with E-state index in [1.165, 1.54) is 30.5 Å². The van der Waals surface area contributed by atoms with E-state index in [1.54, 1.807) is 0 Å². The smallest absolute Gasteiger partial charge is 0.308 e. The summed E-state index contributed by atoms with van der Waals surface area (Å²) in [5.74, 6) is 0. The maximum Gasteiger partial charge on any atom is 0.323 e. The van der Waals surface area contributed by atoms with E-state index in [1.807, 2.05) is 0 Å². The lowest BCUT2D eigenvalue weighted by atomic mass is 10.1. The van der Waals surface area contributed by atoms with Gasteiger partial charge in [0.1, 0.15) is 5.15 Å². The maximum atomic E-state index is 13.5. The Bertz CT molecular complexity index is 717. The highest BCUT2D eigenvalue weighted by Crippen LogP contribution is 2.32. The first-order chi connectivity index (χ1) is 10.9. The molecule has 0 spiro atoms. The summed E-state index contributed by atoms with van der Waals surface area (Å²) >= 11 is 8.69. The number of benzene rings is 1. The van der Waals surface area contributed by atoms with Crippen LogP contribution in [0.15, 0.2) is 41.0 Å². The number of carbonyl (C=O) groups is 1. The van der Waals surface area contributed by atoms with Crippen molar-refractivity contribution in [2.45, 2.75) is 12.6 Å². The van der Waals surface area contributed by atoms with E-state index in [0.29, 0.717) is 5.69 Å². The summed E-state index contributed by atoms with van der Waals surface area (Å²) in [7, 11) is 0. The van der Waals surface area contributed by atoms with Crippen LogP contribution in [0.25, 0.3) is 0 Å². The van der Waals surface area contributed by atoms with Gasteiger partial charge in [-0.15, -0.1) is 0 Å². The molecule has 0 bridgehead atoms. The van der Waals surface area contributed by atoms with E-state index < -0.39 is 18.6 Å². The van der Waals surface area contributed by atoms with Gasteiger partial charge in [-0.1, -0.05) is 27.5 Å². The minimum absolute atomic E-state index is 0.171. The van der Waals surface area contributed by atoms with E-state index in [4.69, 9.17) is 11.6 Å². The second kappa shape index (κ2) is 7.65. The quantitative estimate of drug-likeness (QED) is 0.664. The Morgan fingerprint density at radius 2 is 1.78 bits per heavy atom. The van der Waals surface area contributed by atoms with E-state index in [9.17, 15) is 18.0 Å². The summed E-state index contributed by atoms with van der Waals surface area (Å²) < 4.78 is 38.7. The van der Waals surface area contributed by atoms with Crippen molar-refractivity contribution in [1.82, 2.24) is 4.98 Å². The van der Waals surface area contributed by atoms with Crippen molar-refractivity contribution in [3.63, 3.8) is 0 Å². The monoisotopic (exact) mass is 407 g/mol. The lowest BCUT2D eigenvalue weighted by Gasteiger charge is -2.13. The number of aromatic nitrogens is 1. The van der Waals surface area contributed by atoms with Gasteiger partial charge in [-0.05, 0) is 30.3 Å². The number of amides is 2. The predicted molar refractivity (Wildman–Crippen MR) is 85.9 cm³/mol. The first-order valence-electron chi connectivity index (χ1n) is 6.28. The Hall–Kier alpha value is -1.80. The fourth-order valence-corrected chi connectivity index (χ4v) is 2.38. The molecule has 1 unspecified atom stereocenters. The second-order valence-corrected chi connectivity index (χ2v) is 5.66.